The molecule has 1 fully saturated rings. The molecule has 0 radical (unpaired) electrons. The maximum Gasteiger partial charge on any atom is 0.335 e. The van der Waals surface area contributed by atoms with Gasteiger partial charge in [0.1, 0.15) is 11.6 Å². The lowest BCUT2D eigenvalue weighted by molar-refractivity contribution is -0.123. The second kappa shape index (κ2) is 16.5. The summed E-state index contributed by atoms with van der Waals surface area (Å²) in [7, 11) is 2.80. The van der Waals surface area contributed by atoms with Crippen molar-refractivity contribution in [3.8, 4) is 34.5 Å². The standard InChI is InChI=1S/C20H20F2N2O4.C16H14F2O4/c1-3-12-9-17(27-2)18(10-14(12)21)28-16-5-4-13(8-15(16)22)20(26)24-7-6-23-19(25)11-24;1-3-9-7-14(21-2)15(8-11(9)17)22-13-5-4-10(16(19)20)6-12(13)18/h4-5,8-10H,3,6-7,11H2,1-2H3,(H,23,25);4-8H,3H2,1-2H3,(H,19,20). The number of hydrogen-bond acceptors (Lipinski definition) is 7. The van der Waals surface area contributed by atoms with Crippen LogP contribution in [0.3, 0.4) is 0 Å². The Bertz CT molecular complexity index is 1900. The summed E-state index contributed by atoms with van der Waals surface area (Å²) >= 11 is 0. The molecule has 0 unspecified atom stereocenters. The van der Waals surface area contributed by atoms with Crippen LogP contribution in [-0.2, 0) is 17.6 Å². The Hall–Kier alpha value is -5.79. The zero-order valence-electron chi connectivity index (χ0n) is 27.6. The van der Waals surface area contributed by atoms with E-state index in [0.29, 0.717) is 37.1 Å². The molecule has 10 nitrogen and oxygen atoms in total. The first-order valence-electron chi connectivity index (χ1n) is 15.4. The third kappa shape index (κ3) is 8.81. The summed E-state index contributed by atoms with van der Waals surface area (Å²) in [5.41, 5.74) is 0.797. The topological polar surface area (TPSA) is 124 Å². The van der Waals surface area contributed by atoms with Gasteiger partial charge in [-0.05, 0) is 72.5 Å². The van der Waals surface area contributed by atoms with Gasteiger partial charge in [-0.1, -0.05) is 13.8 Å². The number of nitrogens with zero attached hydrogens (tertiary/aromatic N) is 1. The second-order valence-corrected chi connectivity index (χ2v) is 10.8. The smallest absolute Gasteiger partial charge is 0.335 e. The number of ether oxygens (including phenoxy) is 4. The van der Waals surface area contributed by atoms with E-state index < -0.39 is 35.1 Å². The summed E-state index contributed by atoms with van der Waals surface area (Å²) in [5.74, 6) is -4.37. The van der Waals surface area contributed by atoms with E-state index in [-0.39, 0.29) is 58.1 Å². The van der Waals surface area contributed by atoms with Crippen LogP contribution < -0.4 is 24.3 Å². The molecule has 5 rings (SSSR count). The van der Waals surface area contributed by atoms with Crippen molar-refractivity contribution in [1.29, 1.82) is 0 Å². The molecule has 0 spiro atoms. The number of aryl methyl sites for hydroxylation is 2. The quantitative estimate of drug-likeness (QED) is 0.171. The second-order valence-electron chi connectivity index (χ2n) is 10.8. The Balaban J connectivity index is 0.000000232. The minimum atomic E-state index is -1.25. The Labute approximate surface area is 285 Å². The predicted molar refractivity (Wildman–Crippen MR) is 173 cm³/mol. The van der Waals surface area contributed by atoms with Crippen molar-refractivity contribution in [3.05, 3.63) is 106 Å². The summed E-state index contributed by atoms with van der Waals surface area (Å²) in [5, 5.41) is 11.4. The Kier molecular flexibility index (Phi) is 12.3. The first-order chi connectivity index (χ1) is 23.9. The Morgan fingerprint density at radius 3 is 1.60 bits per heavy atom. The lowest BCUT2D eigenvalue weighted by atomic mass is 10.1. The molecular weight excluding hydrogens is 664 g/mol. The highest BCUT2D eigenvalue weighted by atomic mass is 19.1. The van der Waals surface area contributed by atoms with Gasteiger partial charge in [0.2, 0.25) is 5.91 Å². The largest absolute Gasteiger partial charge is 0.493 e. The number of nitrogens with one attached hydrogen (secondary N) is 1. The van der Waals surface area contributed by atoms with Crippen LogP contribution in [0, 0.1) is 23.3 Å². The van der Waals surface area contributed by atoms with Crippen LogP contribution in [0.1, 0.15) is 45.7 Å². The molecule has 0 saturated carbocycles. The third-order valence-corrected chi connectivity index (χ3v) is 7.55. The minimum absolute atomic E-state index is 0.0131. The number of rotatable bonds is 10. The van der Waals surface area contributed by atoms with Gasteiger partial charge in [-0.15, -0.1) is 0 Å². The van der Waals surface area contributed by atoms with E-state index in [1.54, 1.807) is 13.8 Å². The van der Waals surface area contributed by atoms with Gasteiger partial charge < -0.3 is 34.3 Å². The summed E-state index contributed by atoms with van der Waals surface area (Å²) < 4.78 is 77.4. The molecule has 1 heterocycles. The molecule has 2 N–H and O–H groups in total. The van der Waals surface area contributed by atoms with E-state index in [9.17, 15) is 31.9 Å². The van der Waals surface area contributed by atoms with E-state index in [1.807, 2.05) is 0 Å². The highest BCUT2D eigenvalue weighted by molar-refractivity contribution is 5.97. The lowest BCUT2D eigenvalue weighted by Gasteiger charge is -2.26. The SMILES string of the molecule is CCc1cc(OC)c(Oc2ccc(C(=O)N3CCNC(=O)C3)cc2F)cc1F.CCc1cc(OC)c(Oc2ccc(C(=O)O)cc2F)cc1F. The highest BCUT2D eigenvalue weighted by Gasteiger charge is 2.24. The van der Waals surface area contributed by atoms with Crippen LogP contribution in [0.25, 0.3) is 0 Å². The van der Waals surface area contributed by atoms with Crippen molar-refractivity contribution < 1.29 is 56.0 Å². The number of aromatic carboxylic acids is 1. The monoisotopic (exact) mass is 698 g/mol. The third-order valence-electron chi connectivity index (χ3n) is 7.55. The average Bonchev–Trinajstić information content (AvgIpc) is 3.10. The fraction of sp³-hybridized carbons (Fsp3) is 0.250. The zero-order valence-corrected chi connectivity index (χ0v) is 27.6. The number of hydrogen-bond donors (Lipinski definition) is 2. The van der Waals surface area contributed by atoms with E-state index >= 15 is 0 Å². The van der Waals surface area contributed by atoms with Crippen LogP contribution in [0.2, 0.25) is 0 Å². The minimum Gasteiger partial charge on any atom is -0.493 e. The van der Waals surface area contributed by atoms with E-state index in [4.69, 9.17) is 24.1 Å². The molecular formula is C36H34F4N2O8. The normalized spacial score (nSPS) is 12.3. The maximum atomic E-state index is 14.5. The van der Waals surface area contributed by atoms with E-state index in [0.717, 1.165) is 24.3 Å². The fourth-order valence-corrected chi connectivity index (χ4v) is 4.84. The number of amides is 2. The van der Waals surface area contributed by atoms with Crippen molar-refractivity contribution in [1.82, 2.24) is 10.2 Å². The number of carboxylic acid groups (broad SMARTS) is 1. The van der Waals surface area contributed by atoms with E-state index in [1.165, 1.54) is 55.5 Å². The molecule has 4 aromatic carbocycles. The fourth-order valence-electron chi connectivity index (χ4n) is 4.84. The van der Waals surface area contributed by atoms with Gasteiger partial charge in [0.15, 0.2) is 46.1 Å². The highest BCUT2D eigenvalue weighted by Crippen LogP contribution is 2.36. The molecule has 1 aliphatic rings. The molecule has 1 saturated heterocycles. The van der Waals surface area contributed by atoms with Gasteiger partial charge in [0, 0.05) is 30.8 Å². The summed E-state index contributed by atoms with van der Waals surface area (Å²) in [6.45, 7) is 4.24. The van der Waals surface area contributed by atoms with Crippen molar-refractivity contribution >= 4 is 17.8 Å². The summed E-state index contributed by atoms with van der Waals surface area (Å²) in [4.78, 5) is 36.0. The van der Waals surface area contributed by atoms with E-state index in [2.05, 4.69) is 5.32 Å². The number of methoxy groups -OCH3 is 2. The lowest BCUT2D eigenvalue weighted by Crippen LogP contribution is -2.49. The number of carboxylic acids is 1. The summed E-state index contributed by atoms with van der Waals surface area (Å²) in [6.07, 6.45) is 0.951. The maximum absolute atomic E-state index is 14.5. The molecule has 0 bridgehead atoms. The number of benzene rings is 4. The van der Waals surface area contributed by atoms with Crippen LogP contribution in [0.4, 0.5) is 17.6 Å². The average molecular weight is 699 g/mol. The van der Waals surface area contributed by atoms with Crippen molar-refractivity contribution in [2.45, 2.75) is 26.7 Å². The molecule has 14 heteroatoms. The van der Waals surface area contributed by atoms with Gasteiger partial charge in [0.05, 0.1) is 26.3 Å². The number of carbonyl (C=O) groups excluding carboxylic acids is 2. The van der Waals surface area contributed by atoms with Gasteiger partial charge in [-0.25, -0.2) is 22.4 Å². The van der Waals surface area contributed by atoms with Crippen LogP contribution in [-0.4, -0.2) is 61.6 Å². The first-order valence-corrected chi connectivity index (χ1v) is 15.4. The molecule has 4 aromatic rings. The molecule has 50 heavy (non-hydrogen) atoms. The van der Waals surface area contributed by atoms with Crippen LogP contribution >= 0.6 is 0 Å². The van der Waals surface area contributed by atoms with Gasteiger partial charge in [-0.3, -0.25) is 9.59 Å². The molecule has 0 atom stereocenters. The first kappa shape index (κ1) is 37.0. The van der Waals surface area contributed by atoms with Gasteiger partial charge in [-0.2, -0.15) is 0 Å². The molecule has 2 amide bonds. The van der Waals surface area contributed by atoms with Crippen molar-refractivity contribution in [3.63, 3.8) is 0 Å². The van der Waals surface area contributed by atoms with Gasteiger partial charge in [0.25, 0.3) is 5.91 Å². The number of halogens is 4. The molecule has 0 aromatic heterocycles. The number of carbonyl (C=O) groups is 3. The molecule has 264 valence electrons. The zero-order chi connectivity index (χ0) is 36.5. The number of piperazine rings is 1. The van der Waals surface area contributed by atoms with Crippen LogP contribution in [0.15, 0.2) is 60.7 Å². The Morgan fingerprint density at radius 2 is 1.18 bits per heavy atom. The predicted octanol–water partition coefficient (Wildman–Crippen LogP) is 6.93. The molecule has 1 aliphatic heterocycles. The molecule has 0 aliphatic carbocycles. The van der Waals surface area contributed by atoms with Crippen LogP contribution in [0.5, 0.6) is 34.5 Å². The van der Waals surface area contributed by atoms with Crippen molar-refractivity contribution in [2.24, 2.45) is 0 Å². The Morgan fingerprint density at radius 1 is 0.700 bits per heavy atom. The summed E-state index contributed by atoms with van der Waals surface area (Å²) in [6, 6.07) is 12.2. The van der Waals surface area contributed by atoms with Gasteiger partial charge >= 0.3 is 5.97 Å². The van der Waals surface area contributed by atoms with Crippen molar-refractivity contribution in [2.75, 3.05) is 33.9 Å².